The minimum absolute atomic E-state index is 0.309. The van der Waals surface area contributed by atoms with Crippen LogP contribution in [-0.4, -0.2) is 6.54 Å². The molecule has 2 heterocycles. The van der Waals surface area contributed by atoms with Crippen LogP contribution in [0.1, 0.15) is 34.5 Å². The Hall–Kier alpha value is -0.830. The first-order chi connectivity index (χ1) is 8.78. The molecule has 0 fully saturated rings. The van der Waals surface area contributed by atoms with E-state index in [2.05, 4.69) is 35.8 Å². The molecular formula is C15H16ClNS. The molecule has 0 amide bonds. The Labute approximate surface area is 117 Å². The Bertz CT molecular complexity index is 561. The average molecular weight is 278 g/mol. The summed E-state index contributed by atoms with van der Waals surface area (Å²) in [5, 5.41) is 6.70. The average Bonchev–Trinajstić information content (AvgIpc) is 2.86. The number of rotatable bonds is 2. The first-order valence-electron chi connectivity index (χ1n) is 6.37. The fourth-order valence-corrected chi connectivity index (χ4v) is 3.60. The highest BCUT2D eigenvalue weighted by Gasteiger charge is 2.22. The molecule has 0 spiro atoms. The fraction of sp³-hybridized carbons (Fsp3) is 0.333. The van der Waals surface area contributed by atoms with E-state index in [0.717, 1.165) is 24.4 Å². The van der Waals surface area contributed by atoms with Crippen molar-refractivity contribution in [2.24, 2.45) is 0 Å². The molecule has 1 N–H and O–H groups in total. The van der Waals surface area contributed by atoms with E-state index in [1.54, 1.807) is 0 Å². The van der Waals surface area contributed by atoms with E-state index < -0.39 is 0 Å². The number of benzene rings is 1. The maximum atomic E-state index is 6.14. The van der Waals surface area contributed by atoms with E-state index in [1.807, 2.05) is 17.4 Å². The van der Waals surface area contributed by atoms with Crippen LogP contribution in [-0.2, 0) is 12.8 Å². The maximum absolute atomic E-state index is 6.14. The van der Waals surface area contributed by atoms with Crippen molar-refractivity contribution in [2.45, 2.75) is 25.8 Å². The molecule has 1 atom stereocenters. The van der Waals surface area contributed by atoms with Gasteiger partial charge in [-0.15, -0.1) is 11.3 Å². The molecule has 0 bridgehead atoms. The molecule has 0 radical (unpaired) electrons. The number of hydrogen-bond acceptors (Lipinski definition) is 2. The summed E-state index contributed by atoms with van der Waals surface area (Å²) in [5.41, 5.74) is 4.14. The molecule has 0 saturated heterocycles. The van der Waals surface area contributed by atoms with Gasteiger partial charge in [-0.05, 0) is 53.1 Å². The zero-order chi connectivity index (χ0) is 12.5. The van der Waals surface area contributed by atoms with E-state index >= 15 is 0 Å². The summed E-state index contributed by atoms with van der Waals surface area (Å²) < 4.78 is 0. The highest BCUT2D eigenvalue weighted by Crippen LogP contribution is 2.33. The molecule has 1 unspecified atom stereocenters. The Morgan fingerprint density at radius 1 is 1.39 bits per heavy atom. The second-order valence-electron chi connectivity index (χ2n) is 4.68. The summed E-state index contributed by atoms with van der Waals surface area (Å²) in [5.74, 6) is 0. The molecule has 1 aliphatic heterocycles. The summed E-state index contributed by atoms with van der Waals surface area (Å²) in [6.45, 7) is 3.24. The van der Waals surface area contributed by atoms with Gasteiger partial charge in [0.05, 0.1) is 6.04 Å². The minimum atomic E-state index is 0.309. The van der Waals surface area contributed by atoms with Gasteiger partial charge in [0.25, 0.3) is 0 Å². The van der Waals surface area contributed by atoms with E-state index in [4.69, 9.17) is 11.6 Å². The van der Waals surface area contributed by atoms with Crippen molar-refractivity contribution >= 4 is 22.9 Å². The van der Waals surface area contributed by atoms with Gasteiger partial charge in [-0.2, -0.15) is 0 Å². The third-order valence-electron chi connectivity index (χ3n) is 3.52. The van der Waals surface area contributed by atoms with Crippen LogP contribution in [0.15, 0.2) is 29.6 Å². The highest BCUT2D eigenvalue weighted by molar-refractivity contribution is 7.10. The van der Waals surface area contributed by atoms with Gasteiger partial charge in [0, 0.05) is 16.4 Å². The van der Waals surface area contributed by atoms with E-state index in [9.17, 15) is 0 Å². The number of hydrogen-bond donors (Lipinski definition) is 1. The van der Waals surface area contributed by atoms with Gasteiger partial charge in [-0.25, -0.2) is 0 Å². The van der Waals surface area contributed by atoms with Crippen LogP contribution in [0.3, 0.4) is 0 Å². The quantitative estimate of drug-likeness (QED) is 0.868. The number of fused-ring (bicyclic) bond motifs is 1. The van der Waals surface area contributed by atoms with Crippen molar-refractivity contribution in [3.8, 4) is 0 Å². The lowest BCUT2D eigenvalue weighted by Gasteiger charge is -2.26. The van der Waals surface area contributed by atoms with Crippen molar-refractivity contribution in [2.75, 3.05) is 6.54 Å². The van der Waals surface area contributed by atoms with Crippen LogP contribution in [0.4, 0.5) is 0 Å². The molecule has 3 heteroatoms. The fourth-order valence-electron chi connectivity index (χ4n) is 2.56. The smallest absolute Gasteiger partial charge is 0.0588 e. The summed E-state index contributed by atoms with van der Waals surface area (Å²) >= 11 is 7.99. The van der Waals surface area contributed by atoms with Crippen molar-refractivity contribution in [3.05, 3.63) is 56.2 Å². The van der Waals surface area contributed by atoms with Crippen molar-refractivity contribution in [1.29, 1.82) is 0 Å². The summed E-state index contributed by atoms with van der Waals surface area (Å²) in [6, 6.07) is 8.89. The Morgan fingerprint density at radius 3 is 3.06 bits per heavy atom. The number of thiophene rings is 1. The van der Waals surface area contributed by atoms with Crippen molar-refractivity contribution < 1.29 is 0 Å². The van der Waals surface area contributed by atoms with Gasteiger partial charge >= 0.3 is 0 Å². The van der Waals surface area contributed by atoms with Crippen molar-refractivity contribution in [3.63, 3.8) is 0 Å². The SMILES string of the molecule is CCc1cc(C2NCCc3ccc(Cl)cc32)cs1. The minimum Gasteiger partial charge on any atom is -0.306 e. The predicted molar refractivity (Wildman–Crippen MR) is 78.7 cm³/mol. The third-order valence-corrected chi connectivity index (χ3v) is 4.85. The highest BCUT2D eigenvalue weighted by atomic mass is 35.5. The third kappa shape index (κ3) is 2.20. The van der Waals surface area contributed by atoms with E-state index in [0.29, 0.717) is 6.04 Å². The second kappa shape index (κ2) is 5.04. The van der Waals surface area contributed by atoms with Crippen LogP contribution in [0.25, 0.3) is 0 Å². The molecule has 2 aromatic rings. The lowest BCUT2D eigenvalue weighted by atomic mass is 9.91. The van der Waals surface area contributed by atoms with Gasteiger partial charge in [0.1, 0.15) is 0 Å². The van der Waals surface area contributed by atoms with Crippen LogP contribution in [0.2, 0.25) is 5.02 Å². The monoisotopic (exact) mass is 277 g/mol. The molecule has 1 aromatic heterocycles. The molecule has 1 aliphatic rings. The van der Waals surface area contributed by atoms with Gasteiger partial charge in [0.2, 0.25) is 0 Å². The largest absolute Gasteiger partial charge is 0.306 e. The molecule has 18 heavy (non-hydrogen) atoms. The van der Waals surface area contributed by atoms with Gasteiger partial charge in [-0.3, -0.25) is 0 Å². The molecule has 0 aliphatic carbocycles. The van der Waals surface area contributed by atoms with Crippen LogP contribution in [0.5, 0.6) is 0 Å². The zero-order valence-corrected chi connectivity index (χ0v) is 11.9. The van der Waals surface area contributed by atoms with Crippen LogP contribution in [0, 0.1) is 0 Å². The Morgan fingerprint density at radius 2 is 2.28 bits per heavy atom. The molecular weight excluding hydrogens is 262 g/mol. The Balaban J connectivity index is 2.02. The summed E-state index contributed by atoms with van der Waals surface area (Å²) in [7, 11) is 0. The number of nitrogens with one attached hydrogen (secondary N) is 1. The van der Waals surface area contributed by atoms with Gasteiger partial charge in [-0.1, -0.05) is 24.6 Å². The molecule has 1 aromatic carbocycles. The van der Waals surface area contributed by atoms with Crippen LogP contribution >= 0.6 is 22.9 Å². The zero-order valence-electron chi connectivity index (χ0n) is 10.4. The predicted octanol–water partition coefficient (Wildman–Crippen LogP) is 4.20. The lowest BCUT2D eigenvalue weighted by Crippen LogP contribution is -2.30. The van der Waals surface area contributed by atoms with Crippen LogP contribution < -0.4 is 5.32 Å². The molecule has 0 saturated carbocycles. The molecule has 3 rings (SSSR count). The van der Waals surface area contributed by atoms with Crippen molar-refractivity contribution in [1.82, 2.24) is 5.32 Å². The van der Waals surface area contributed by atoms with Gasteiger partial charge < -0.3 is 5.32 Å². The first kappa shape index (κ1) is 12.2. The number of aryl methyl sites for hydroxylation is 1. The summed E-state index contributed by atoms with van der Waals surface area (Å²) in [4.78, 5) is 1.45. The lowest BCUT2D eigenvalue weighted by molar-refractivity contribution is 0.569. The van der Waals surface area contributed by atoms with E-state index in [1.165, 1.54) is 21.6 Å². The molecule has 1 nitrogen and oxygen atoms in total. The number of halogens is 1. The maximum Gasteiger partial charge on any atom is 0.0588 e. The Kier molecular flexibility index (Phi) is 3.42. The molecule has 94 valence electrons. The first-order valence-corrected chi connectivity index (χ1v) is 7.62. The van der Waals surface area contributed by atoms with Gasteiger partial charge in [0.15, 0.2) is 0 Å². The van der Waals surface area contributed by atoms with E-state index in [-0.39, 0.29) is 0 Å². The topological polar surface area (TPSA) is 12.0 Å². The normalized spacial score (nSPS) is 18.7. The summed E-state index contributed by atoms with van der Waals surface area (Å²) in [6.07, 6.45) is 2.20. The second-order valence-corrected chi connectivity index (χ2v) is 6.11. The standard InChI is InChI=1S/C15H16ClNS/c1-2-13-7-11(9-18-13)15-14-8-12(16)4-3-10(14)5-6-17-15/h3-4,7-9,15,17H,2,5-6H2,1H3.